The number of hydrogen-bond donors (Lipinski definition) is 3. The van der Waals surface area contributed by atoms with Crippen LogP contribution in [0.25, 0.3) is 0 Å². The van der Waals surface area contributed by atoms with Gasteiger partial charge in [-0.3, -0.25) is 4.79 Å². The molecule has 1 aliphatic carbocycles. The number of rotatable bonds is 3. The lowest BCUT2D eigenvalue weighted by Crippen LogP contribution is -2.40. The Balaban J connectivity index is 1.88. The summed E-state index contributed by atoms with van der Waals surface area (Å²) in [6, 6.07) is 6.70. The summed E-state index contributed by atoms with van der Waals surface area (Å²) in [4.78, 5) is 23.2. The predicted octanol–water partition coefficient (Wildman–Crippen LogP) is 2.31. The maximum absolute atomic E-state index is 11.9. The van der Waals surface area contributed by atoms with Crippen molar-refractivity contribution in [2.75, 3.05) is 5.32 Å². The number of hydrogen-bond acceptors (Lipinski definition) is 3. The van der Waals surface area contributed by atoms with Gasteiger partial charge in [0.1, 0.15) is 0 Å². The van der Waals surface area contributed by atoms with Crippen LogP contribution in [0.3, 0.4) is 0 Å². The number of aliphatic hydroxyl groups excluding tert-OH is 1. The molecule has 5 heteroatoms. The monoisotopic (exact) mass is 276 g/mol. The fraction of sp³-hybridized carbons (Fsp3) is 0.467. The van der Waals surface area contributed by atoms with E-state index in [1.807, 2.05) is 0 Å². The van der Waals surface area contributed by atoms with E-state index in [-0.39, 0.29) is 24.0 Å². The Morgan fingerprint density at radius 2 is 1.90 bits per heavy atom. The third kappa shape index (κ3) is 4.06. The highest BCUT2D eigenvalue weighted by molar-refractivity contribution is 5.96. The maximum Gasteiger partial charge on any atom is 0.319 e. The van der Waals surface area contributed by atoms with E-state index in [0.29, 0.717) is 11.3 Å². The molecule has 0 heterocycles. The van der Waals surface area contributed by atoms with E-state index in [1.165, 1.54) is 6.92 Å². The number of aliphatic hydroxyl groups is 1. The number of carbonyl (C=O) groups excluding carboxylic acids is 2. The van der Waals surface area contributed by atoms with Gasteiger partial charge < -0.3 is 15.7 Å². The molecule has 0 radical (unpaired) electrons. The average Bonchev–Trinajstić information content (AvgIpc) is 2.41. The van der Waals surface area contributed by atoms with Crippen molar-refractivity contribution in [3.05, 3.63) is 29.8 Å². The number of carbonyl (C=O) groups is 2. The minimum Gasteiger partial charge on any atom is -0.393 e. The van der Waals surface area contributed by atoms with Crippen LogP contribution in [0.2, 0.25) is 0 Å². The number of ketones is 1. The molecule has 2 rings (SSSR count). The molecule has 20 heavy (non-hydrogen) atoms. The van der Waals surface area contributed by atoms with Gasteiger partial charge in [-0.1, -0.05) is 12.1 Å². The maximum atomic E-state index is 11.9. The van der Waals surface area contributed by atoms with Crippen LogP contribution in [-0.2, 0) is 0 Å². The third-order valence-electron chi connectivity index (χ3n) is 3.56. The molecule has 3 N–H and O–H groups in total. The van der Waals surface area contributed by atoms with Gasteiger partial charge in [-0.15, -0.1) is 0 Å². The van der Waals surface area contributed by atoms with E-state index < -0.39 is 0 Å². The molecule has 0 bridgehead atoms. The van der Waals surface area contributed by atoms with Gasteiger partial charge in [0.05, 0.1) is 6.10 Å². The second kappa shape index (κ2) is 6.52. The zero-order valence-electron chi connectivity index (χ0n) is 11.6. The minimum absolute atomic E-state index is 0.0321. The summed E-state index contributed by atoms with van der Waals surface area (Å²) < 4.78 is 0. The van der Waals surface area contributed by atoms with Crippen molar-refractivity contribution in [1.82, 2.24) is 5.32 Å². The van der Waals surface area contributed by atoms with E-state index >= 15 is 0 Å². The Bertz CT molecular complexity index is 494. The van der Waals surface area contributed by atoms with Gasteiger partial charge in [0.2, 0.25) is 0 Å². The first-order valence-corrected chi connectivity index (χ1v) is 6.91. The van der Waals surface area contributed by atoms with E-state index in [0.717, 1.165) is 25.7 Å². The zero-order chi connectivity index (χ0) is 14.5. The van der Waals surface area contributed by atoms with Crippen molar-refractivity contribution in [1.29, 1.82) is 0 Å². The van der Waals surface area contributed by atoms with Crippen LogP contribution in [-0.4, -0.2) is 29.1 Å². The molecule has 0 unspecified atom stereocenters. The Labute approximate surface area is 118 Å². The molecule has 1 aromatic carbocycles. The van der Waals surface area contributed by atoms with Gasteiger partial charge in [0.25, 0.3) is 0 Å². The van der Waals surface area contributed by atoms with Crippen molar-refractivity contribution in [2.45, 2.75) is 44.8 Å². The second-order valence-electron chi connectivity index (χ2n) is 5.24. The SMILES string of the molecule is CC(=O)c1cccc(NC(=O)NC2CCC(O)CC2)c1. The molecule has 0 aromatic heterocycles. The zero-order valence-corrected chi connectivity index (χ0v) is 11.6. The average molecular weight is 276 g/mol. The lowest BCUT2D eigenvalue weighted by molar-refractivity contribution is 0.101. The first kappa shape index (κ1) is 14.5. The molecule has 1 saturated carbocycles. The number of nitrogens with one attached hydrogen (secondary N) is 2. The fourth-order valence-electron chi connectivity index (χ4n) is 2.39. The van der Waals surface area contributed by atoms with Crippen LogP contribution in [0, 0.1) is 0 Å². The van der Waals surface area contributed by atoms with Gasteiger partial charge in [-0.2, -0.15) is 0 Å². The Morgan fingerprint density at radius 3 is 2.55 bits per heavy atom. The second-order valence-corrected chi connectivity index (χ2v) is 5.24. The fourth-order valence-corrected chi connectivity index (χ4v) is 2.39. The summed E-state index contributed by atoms with van der Waals surface area (Å²) in [5.41, 5.74) is 1.18. The van der Waals surface area contributed by atoms with Gasteiger partial charge in [0, 0.05) is 17.3 Å². The normalized spacial score (nSPS) is 22.1. The molecule has 0 spiro atoms. The minimum atomic E-state index is -0.271. The summed E-state index contributed by atoms with van der Waals surface area (Å²) in [7, 11) is 0. The van der Waals surface area contributed by atoms with E-state index in [9.17, 15) is 14.7 Å². The third-order valence-corrected chi connectivity index (χ3v) is 3.56. The smallest absolute Gasteiger partial charge is 0.319 e. The Kier molecular flexibility index (Phi) is 4.74. The highest BCUT2D eigenvalue weighted by Gasteiger charge is 2.20. The predicted molar refractivity (Wildman–Crippen MR) is 76.9 cm³/mol. The van der Waals surface area contributed by atoms with Crippen LogP contribution in [0.1, 0.15) is 43.0 Å². The highest BCUT2D eigenvalue weighted by Crippen LogP contribution is 2.18. The molecular formula is C15H20N2O3. The molecule has 0 atom stereocenters. The van der Waals surface area contributed by atoms with Crippen LogP contribution >= 0.6 is 0 Å². The van der Waals surface area contributed by atoms with E-state index in [4.69, 9.17) is 0 Å². The summed E-state index contributed by atoms with van der Waals surface area (Å²) in [5.74, 6) is -0.0321. The lowest BCUT2D eigenvalue weighted by Gasteiger charge is -2.26. The summed E-state index contributed by atoms with van der Waals surface area (Å²) >= 11 is 0. The lowest BCUT2D eigenvalue weighted by atomic mass is 9.93. The molecular weight excluding hydrogens is 256 g/mol. The molecule has 108 valence electrons. The molecule has 5 nitrogen and oxygen atoms in total. The van der Waals surface area contributed by atoms with Crippen LogP contribution in [0.4, 0.5) is 10.5 Å². The standard InChI is InChI=1S/C15H20N2O3/c1-10(18)11-3-2-4-13(9-11)17-15(20)16-12-5-7-14(19)8-6-12/h2-4,9,12,14,19H,5-8H2,1H3,(H2,16,17,20). The number of benzene rings is 1. The number of anilines is 1. The van der Waals surface area contributed by atoms with Crippen molar-refractivity contribution >= 4 is 17.5 Å². The van der Waals surface area contributed by atoms with Gasteiger partial charge in [-0.25, -0.2) is 4.79 Å². The van der Waals surface area contributed by atoms with Crippen molar-refractivity contribution in [3.8, 4) is 0 Å². The van der Waals surface area contributed by atoms with Crippen LogP contribution in [0.15, 0.2) is 24.3 Å². The van der Waals surface area contributed by atoms with E-state index in [1.54, 1.807) is 24.3 Å². The first-order valence-electron chi connectivity index (χ1n) is 6.91. The molecule has 0 aliphatic heterocycles. The summed E-state index contributed by atoms with van der Waals surface area (Å²) in [6.07, 6.45) is 2.81. The summed E-state index contributed by atoms with van der Waals surface area (Å²) in [6.45, 7) is 1.49. The van der Waals surface area contributed by atoms with Gasteiger partial charge in [0.15, 0.2) is 5.78 Å². The van der Waals surface area contributed by atoms with Crippen molar-refractivity contribution < 1.29 is 14.7 Å². The molecule has 1 fully saturated rings. The quantitative estimate of drug-likeness (QED) is 0.741. The van der Waals surface area contributed by atoms with Crippen molar-refractivity contribution in [3.63, 3.8) is 0 Å². The summed E-state index contributed by atoms with van der Waals surface area (Å²) in [5, 5.41) is 15.0. The molecule has 2 amide bonds. The van der Waals surface area contributed by atoms with Crippen LogP contribution in [0.5, 0.6) is 0 Å². The molecule has 0 saturated heterocycles. The topological polar surface area (TPSA) is 78.4 Å². The molecule has 1 aromatic rings. The largest absolute Gasteiger partial charge is 0.393 e. The Hall–Kier alpha value is -1.88. The van der Waals surface area contributed by atoms with Gasteiger partial charge >= 0.3 is 6.03 Å². The highest BCUT2D eigenvalue weighted by atomic mass is 16.3. The van der Waals surface area contributed by atoms with Crippen LogP contribution < -0.4 is 10.6 Å². The number of amides is 2. The Morgan fingerprint density at radius 1 is 1.20 bits per heavy atom. The molecule has 1 aliphatic rings. The number of Topliss-reactive ketones (excluding diaryl/α,β-unsaturated/α-hetero) is 1. The number of urea groups is 1. The van der Waals surface area contributed by atoms with E-state index in [2.05, 4.69) is 10.6 Å². The first-order chi connectivity index (χ1) is 9.54. The van der Waals surface area contributed by atoms with Gasteiger partial charge in [-0.05, 0) is 44.7 Å². The van der Waals surface area contributed by atoms with Crippen molar-refractivity contribution in [2.24, 2.45) is 0 Å².